The number of aromatic nitrogens is 2. The third-order valence-electron chi connectivity index (χ3n) is 4.07. The Kier molecular flexibility index (Phi) is 4.75. The van der Waals surface area contributed by atoms with Gasteiger partial charge in [0.25, 0.3) is 5.89 Å². The summed E-state index contributed by atoms with van der Waals surface area (Å²) in [5, 5.41) is 16.3. The molecule has 0 aromatic carbocycles. The highest BCUT2D eigenvalue weighted by atomic mass is 32.1. The first-order chi connectivity index (χ1) is 10.6. The molecule has 22 heavy (non-hydrogen) atoms. The molecule has 7 heteroatoms. The first-order valence-electron chi connectivity index (χ1n) is 7.64. The lowest BCUT2D eigenvalue weighted by Gasteiger charge is -2.31. The third kappa shape index (κ3) is 3.66. The summed E-state index contributed by atoms with van der Waals surface area (Å²) < 4.78 is 6.36. The Morgan fingerprint density at radius 2 is 2.23 bits per heavy atom. The van der Waals surface area contributed by atoms with Crippen molar-refractivity contribution in [3.8, 4) is 10.8 Å². The van der Waals surface area contributed by atoms with Crippen LogP contribution in [0.3, 0.4) is 0 Å². The molecule has 1 saturated heterocycles. The van der Waals surface area contributed by atoms with E-state index in [-0.39, 0.29) is 6.54 Å². The molecule has 1 atom stereocenters. The molecule has 120 valence electrons. The topological polar surface area (TPSA) is 71.5 Å². The van der Waals surface area contributed by atoms with E-state index < -0.39 is 11.9 Å². The monoisotopic (exact) mass is 323 g/mol. The average Bonchev–Trinajstić information content (AvgIpc) is 3.12. The maximum absolute atomic E-state index is 11.8. The molecule has 1 N–H and O–H groups in total. The SMILES string of the molecule is CC1CCN(CC(O)Cn2nc(-c3cccs3)oc2=O)CC1. The third-order valence-corrected chi connectivity index (χ3v) is 4.92. The summed E-state index contributed by atoms with van der Waals surface area (Å²) in [7, 11) is 0. The molecule has 3 rings (SSSR count). The Labute approximate surface area is 133 Å². The molecule has 0 saturated carbocycles. The molecule has 1 fully saturated rings. The predicted molar refractivity (Wildman–Crippen MR) is 84.9 cm³/mol. The van der Waals surface area contributed by atoms with E-state index in [0.29, 0.717) is 12.4 Å². The number of aliphatic hydroxyl groups excluding tert-OH is 1. The highest BCUT2D eigenvalue weighted by Crippen LogP contribution is 2.21. The summed E-state index contributed by atoms with van der Waals surface area (Å²) in [6, 6.07) is 3.73. The number of thiophene rings is 1. The lowest BCUT2D eigenvalue weighted by Crippen LogP contribution is -2.40. The smallest absolute Gasteiger partial charge is 0.390 e. The zero-order valence-electron chi connectivity index (χ0n) is 12.6. The second kappa shape index (κ2) is 6.76. The number of aliphatic hydroxyl groups is 1. The van der Waals surface area contributed by atoms with Gasteiger partial charge in [0.2, 0.25) is 0 Å². The molecule has 3 heterocycles. The summed E-state index contributed by atoms with van der Waals surface area (Å²) in [5.41, 5.74) is 0. The minimum absolute atomic E-state index is 0.166. The zero-order valence-corrected chi connectivity index (χ0v) is 13.5. The fourth-order valence-corrected chi connectivity index (χ4v) is 3.37. The summed E-state index contributed by atoms with van der Waals surface area (Å²) in [6.07, 6.45) is 1.71. The van der Waals surface area contributed by atoms with Crippen molar-refractivity contribution in [2.75, 3.05) is 19.6 Å². The molecule has 0 amide bonds. The van der Waals surface area contributed by atoms with Crippen LogP contribution in [0.4, 0.5) is 0 Å². The molecule has 0 radical (unpaired) electrons. The van der Waals surface area contributed by atoms with Crippen molar-refractivity contribution in [1.29, 1.82) is 0 Å². The first-order valence-corrected chi connectivity index (χ1v) is 8.52. The summed E-state index contributed by atoms with van der Waals surface area (Å²) in [5.74, 6) is 0.564. The van der Waals surface area contributed by atoms with Gasteiger partial charge >= 0.3 is 5.76 Å². The highest BCUT2D eigenvalue weighted by molar-refractivity contribution is 7.13. The van der Waals surface area contributed by atoms with Crippen molar-refractivity contribution < 1.29 is 9.52 Å². The Bertz CT molecular complexity index is 641. The standard InChI is InChI=1S/C15H21N3O3S/c1-11-4-6-17(7-5-11)9-12(19)10-18-15(20)21-14(16-18)13-3-2-8-22-13/h2-3,8,11-12,19H,4-7,9-10H2,1H3. The van der Waals surface area contributed by atoms with Crippen LogP contribution >= 0.6 is 11.3 Å². The molecule has 0 spiro atoms. The first kappa shape index (κ1) is 15.5. The van der Waals surface area contributed by atoms with Gasteiger partial charge in [-0.05, 0) is 43.3 Å². The molecule has 6 nitrogen and oxygen atoms in total. The van der Waals surface area contributed by atoms with Crippen LogP contribution in [0.2, 0.25) is 0 Å². The highest BCUT2D eigenvalue weighted by Gasteiger charge is 2.20. The number of likely N-dealkylation sites (tertiary alicyclic amines) is 1. The van der Waals surface area contributed by atoms with Crippen LogP contribution in [0.1, 0.15) is 19.8 Å². The van der Waals surface area contributed by atoms with E-state index in [4.69, 9.17) is 4.42 Å². The van der Waals surface area contributed by atoms with Crippen molar-refractivity contribution in [2.45, 2.75) is 32.4 Å². The van der Waals surface area contributed by atoms with Crippen LogP contribution in [0.25, 0.3) is 10.8 Å². The normalized spacial score (nSPS) is 18.6. The predicted octanol–water partition coefficient (Wildman–Crippen LogP) is 1.66. The molecule has 1 unspecified atom stereocenters. The van der Waals surface area contributed by atoms with Crippen molar-refractivity contribution in [1.82, 2.24) is 14.7 Å². The number of β-amino-alcohol motifs (C(OH)–C–C–N with tert-alkyl or cyclic N) is 1. The fourth-order valence-electron chi connectivity index (χ4n) is 2.72. The Balaban J connectivity index is 1.59. The average molecular weight is 323 g/mol. The van der Waals surface area contributed by atoms with Crippen molar-refractivity contribution in [3.05, 3.63) is 28.1 Å². The van der Waals surface area contributed by atoms with Crippen LogP contribution in [0.15, 0.2) is 26.7 Å². The summed E-state index contributed by atoms with van der Waals surface area (Å²) in [4.78, 5) is 14.9. The van der Waals surface area contributed by atoms with E-state index in [1.807, 2.05) is 17.5 Å². The summed E-state index contributed by atoms with van der Waals surface area (Å²) >= 11 is 1.47. The minimum Gasteiger partial charge on any atom is -0.390 e. The quantitative estimate of drug-likeness (QED) is 0.906. The van der Waals surface area contributed by atoms with Crippen molar-refractivity contribution >= 4 is 11.3 Å². The Hall–Kier alpha value is -1.44. The largest absolute Gasteiger partial charge is 0.437 e. The van der Waals surface area contributed by atoms with Gasteiger partial charge in [-0.2, -0.15) is 4.68 Å². The molecule has 0 bridgehead atoms. The minimum atomic E-state index is -0.618. The van der Waals surface area contributed by atoms with Crippen LogP contribution in [0, 0.1) is 5.92 Å². The van der Waals surface area contributed by atoms with Gasteiger partial charge in [-0.25, -0.2) is 4.79 Å². The van der Waals surface area contributed by atoms with Gasteiger partial charge in [-0.3, -0.25) is 0 Å². The van der Waals surface area contributed by atoms with E-state index in [1.165, 1.54) is 28.9 Å². The fraction of sp³-hybridized carbons (Fsp3) is 0.600. The molecule has 2 aromatic rings. The van der Waals surface area contributed by atoms with E-state index in [9.17, 15) is 9.90 Å². The Morgan fingerprint density at radius 1 is 1.45 bits per heavy atom. The second-order valence-corrected chi connectivity index (χ2v) is 6.92. The van der Waals surface area contributed by atoms with Gasteiger partial charge in [-0.15, -0.1) is 16.4 Å². The second-order valence-electron chi connectivity index (χ2n) is 5.97. The lowest BCUT2D eigenvalue weighted by molar-refractivity contribution is 0.0763. The van der Waals surface area contributed by atoms with Crippen LogP contribution < -0.4 is 5.76 Å². The molecule has 2 aromatic heterocycles. The molecular weight excluding hydrogens is 302 g/mol. The molecule has 1 aliphatic heterocycles. The van der Waals surface area contributed by atoms with Gasteiger partial charge < -0.3 is 14.4 Å². The van der Waals surface area contributed by atoms with Gasteiger partial charge in [-0.1, -0.05) is 13.0 Å². The molecule has 1 aliphatic rings. The van der Waals surface area contributed by atoms with Crippen LogP contribution in [-0.4, -0.2) is 45.5 Å². The lowest BCUT2D eigenvalue weighted by atomic mass is 9.99. The molecule has 0 aliphatic carbocycles. The van der Waals surface area contributed by atoms with Gasteiger partial charge in [0.15, 0.2) is 0 Å². The van der Waals surface area contributed by atoms with Crippen LogP contribution in [-0.2, 0) is 6.54 Å². The van der Waals surface area contributed by atoms with E-state index in [1.54, 1.807) is 0 Å². The number of hydrogen-bond acceptors (Lipinski definition) is 6. The van der Waals surface area contributed by atoms with Crippen molar-refractivity contribution in [2.24, 2.45) is 5.92 Å². The number of piperidine rings is 1. The maximum atomic E-state index is 11.8. The van der Waals surface area contributed by atoms with Gasteiger partial charge in [0.1, 0.15) is 0 Å². The Morgan fingerprint density at radius 3 is 2.91 bits per heavy atom. The van der Waals surface area contributed by atoms with Gasteiger partial charge in [0, 0.05) is 6.54 Å². The maximum Gasteiger partial charge on any atom is 0.437 e. The number of rotatable bonds is 5. The van der Waals surface area contributed by atoms with E-state index >= 15 is 0 Å². The van der Waals surface area contributed by atoms with Gasteiger partial charge in [0.05, 0.1) is 17.5 Å². The molecular formula is C15H21N3O3S. The zero-order chi connectivity index (χ0) is 15.5. The van der Waals surface area contributed by atoms with Crippen LogP contribution in [0.5, 0.6) is 0 Å². The van der Waals surface area contributed by atoms with E-state index in [2.05, 4.69) is 16.9 Å². The summed E-state index contributed by atoms with van der Waals surface area (Å²) in [6.45, 7) is 5.01. The van der Waals surface area contributed by atoms with Crippen molar-refractivity contribution in [3.63, 3.8) is 0 Å². The number of hydrogen-bond donors (Lipinski definition) is 1. The number of nitrogens with zero attached hydrogens (tertiary/aromatic N) is 3. The van der Waals surface area contributed by atoms with E-state index in [0.717, 1.165) is 23.9 Å².